The highest BCUT2D eigenvalue weighted by Crippen LogP contribution is 2.28. The first-order valence-electron chi connectivity index (χ1n) is 7.05. The van der Waals surface area contributed by atoms with Gasteiger partial charge in [-0.15, -0.1) is 0 Å². The molecule has 0 spiro atoms. The van der Waals surface area contributed by atoms with Gasteiger partial charge in [-0.2, -0.15) is 0 Å². The summed E-state index contributed by atoms with van der Waals surface area (Å²) in [4.78, 5) is 25.8. The van der Waals surface area contributed by atoms with Crippen LogP contribution in [0, 0.1) is 0 Å². The molecule has 2 N–H and O–H groups in total. The quantitative estimate of drug-likeness (QED) is 0.671. The van der Waals surface area contributed by atoms with Gasteiger partial charge >= 0.3 is 0 Å². The third kappa shape index (κ3) is 2.18. The smallest absolute Gasteiger partial charge is 0.263 e. The SMILES string of the molecule is Nc1cccc2c1C(=O)N(CCCC1CCCO1)C2=O. The van der Waals surface area contributed by atoms with E-state index in [9.17, 15) is 9.59 Å². The largest absolute Gasteiger partial charge is 0.398 e. The Bertz CT molecular complexity index is 550. The second-order valence-electron chi connectivity index (χ2n) is 5.31. The van der Waals surface area contributed by atoms with Crippen LogP contribution >= 0.6 is 0 Å². The molecule has 5 nitrogen and oxygen atoms in total. The molecule has 1 aromatic carbocycles. The van der Waals surface area contributed by atoms with Crippen molar-refractivity contribution < 1.29 is 14.3 Å². The summed E-state index contributed by atoms with van der Waals surface area (Å²) in [5.41, 5.74) is 6.95. The van der Waals surface area contributed by atoms with Crippen molar-refractivity contribution in [2.75, 3.05) is 18.9 Å². The first kappa shape index (κ1) is 13.1. The van der Waals surface area contributed by atoms with E-state index in [4.69, 9.17) is 10.5 Å². The molecule has 106 valence electrons. The summed E-state index contributed by atoms with van der Waals surface area (Å²) in [6, 6.07) is 5.01. The number of carbonyl (C=O) groups excluding carboxylic acids is 2. The van der Waals surface area contributed by atoms with Crippen LogP contribution < -0.4 is 5.73 Å². The van der Waals surface area contributed by atoms with Crippen molar-refractivity contribution in [2.45, 2.75) is 31.8 Å². The summed E-state index contributed by atoms with van der Waals surface area (Å²) >= 11 is 0. The lowest BCUT2D eigenvalue weighted by Gasteiger charge is -2.15. The van der Waals surface area contributed by atoms with Gasteiger partial charge in [0.2, 0.25) is 0 Å². The van der Waals surface area contributed by atoms with Crippen LogP contribution in [0.1, 0.15) is 46.4 Å². The zero-order chi connectivity index (χ0) is 14.1. The van der Waals surface area contributed by atoms with Crippen LogP contribution in [-0.2, 0) is 4.74 Å². The molecule has 0 aromatic heterocycles. The molecular formula is C15H18N2O3. The number of rotatable bonds is 4. The minimum absolute atomic E-state index is 0.232. The lowest BCUT2D eigenvalue weighted by atomic mass is 10.1. The van der Waals surface area contributed by atoms with Crippen LogP contribution in [0.2, 0.25) is 0 Å². The number of ether oxygens (including phenoxy) is 1. The van der Waals surface area contributed by atoms with Crippen molar-refractivity contribution in [1.82, 2.24) is 4.90 Å². The highest BCUT2D eigenvalue weighted by molar-refractivity contribution is 6.23. The molecule has 1 unspecified atom stereocenters. The van der Waals surface area contributed by atoms with E-state index in [0.717, 1.165) is 32.3 Å². The molecule has 0 saturated carbocycles. The maximum Gasteiger partial charge on any atom is 0.263 e. The van der Waals surface area contributed by atoms with Gasteiger partial charge in [0.1, 0.15) is 0 Å². The maximum atomic E-state index is 12.2. The van der Waals surface area contributed by atoms with Crippen molar-refractivity contribution in [2.24, 2.45) is 0 Å². The van der Waals surface area contributed by atoms with Crippen LogP contribution in [0.5, 0.6) is 0 Å². The summed E-state index contributed by atoms with van der Waals surface area (Å²) in [6.07, 6.45) is 4.14. The van der Waals surface area contributed by atoms with Gasteiger partial charge in [0.05, 0.1) is 17.2 Å². The highest BCUT2D eigenvalue weighted by Gasteiger charge is 2.36. The number of amides is 2. The minimum Gasteiger partial charge on any atom is -0.398 e. The molecule has 0 radical (unpaired) electrons. The van der Waals surface area contributed by atoms with Gasteiger partial charge in [-0.3, -0.25) is 14.5 Å². The predicted octanol–water partition coefficient (Wildman–Crippen LogP) is 1.82. The van der Waals surface area contributed by atoms with Gasteiger partial charge in [0.15, 0.2) is 0 Å². The predicted molar refractivity (Wildman–Crippen MR) is 74.4 cm³/mol. The molecule has 20 heavy (non-hydrogen) atoms. The van der Waals surface area contributed by atoms with Crippen LogP contribution in [0.4, 0.5) is 5.69 Å². The molecule has 2 amide bonds. The Morgan fingerprint density at radius 2 is 2.15 bits per heavy atom. The molecule has 5 heteroatoms. The fourth-order valence-electron chi connectivity index (χ4n) is 2.91. The number of hydrogen-bond acceptors (Lipinski definition) is 4. The summed E-state index contributed by atoms with van der Waals surface area (Å²) in [7, 11) is 0. The van der Waals surface area contributed by atoms with Gasteiger partial charge in [-0.25, -0.2) is 0 Å². The fraction of sp³-hybridized carbons (Fsp3) is 0.467. The molecule has 1 fully saturated rings. The molecule has 0 aliphatic carbocycles. The first-order chi connectivity index (χ1) is 9.68. The van der Waals surface area contributed by atoms with E-state index in [0.29, 0.717) is 23.4 Å². The van der Waals surface area contributed by atoms with Gasteiger partial charge in [0.25, 0.3) is 11.8 Å². The average molecular weight is 274 g/mol. The topological polar surface area (TPSA) is 72.6 Å². The number of nitrogen functional groups attached to an aromatic ring is 1. The van der Waals surface area contributed by atoms with Gasteiger partial charge in [0, 0.05) is 18.8 Å². The number of fused-ring (bicyclic) bond motifs is 1. The maximum absolute atomic E-state index is 12.2. The molecule has 2 heterocycles. The Hall–Kier alpha value is -1.88. The number of hydrogen-bond donors (Lipinski definition) is 1. The second kappa shape index (κ2) is 5.25. The van der Waals surface area contributed by atoms with E-state index in [1.807, 2.05) is 0 Å². The summed E-state index contributed by atoms with van der Waals surface area (Å²) in [5, 5.41) is 0. The van der Waals surface area contributed by atoms with Crippen LogP contribution in [0.25, 0.3) is 0 Å². The van der Waals surface area contributed by atoms with Crippen LogP contribution in [0.3, 0.4) is 0 Å². The van der Waals surface area contributed by atoms with Crippen LogP contribution in [0.15, 0.2) is 18.2 Å². The molecule has 2 aliphatic rings. The molecule has 1 atom stereocenters. The van der Waals surface area contributed by atoms with E-state index < -0.39 is 0 Å². The van der Waals surface area contributed by atoms with Crippen LogP contribution in [-0.4, -0.2) is 36.0 Å². The molecule has 2 aliphatic heterocycles. The Labute approximate surface area is 117 Å². The van der Waals surface area contributed by atoms with Crippen molar-refractivity contribution in [3.05, 3.63) is 29.3 Å². The van der Waals surface area contributed by atoms with E-state index in [-0.39, 0.29) is 17.9 Å². The average Bonchev–Trinajstić information content (AvgIpc) is 3.02. The lowest BCUT2D eigenvalue weighted by Crippen LogP contribution is -2.31. The van der Waals surface area contributed by atoms with Crippen molar-refractivity contribution >= 4 is 17.5 Å². The van der Waals surface area contributed by atoms with E-state index in [1.165, 1.54) is 4.90 Å². The Balaban J connectivity index is 1.65. The molecule has 1 aromatic rings. The Kier molecular flexibility index (Phi) is 3.44. The normalized spacial score (nSPS) is 21.6. The number of benzene rings is 1. The lowest BCUT2D eigenvalue weighted by molar-refractivity contribution is 0.0630. The number of imide groups is 1. The summed E-state index contributed by atoms with van der Waals surface area (Å²) in [5.74, 6) is -0.500. The van der Waals surface area contributed by atoms with E-state index >= 15 is 0 Å². The Morgan fingerprint density at radius 1 is 1.30 bits per heavy atom. The zero-order valence-electron chi connectivity index (χ0n) is 11.3. The monoisotopic (exact) mass is 274 g/mol. The second-order valence-corrected chi connectivity index (χ2v) is 5.31. The molecule has 0 bridgehead atoms. The third-order valence-corrected chi connectivity index (χ3v) is 3.96. The number of carbonyl (C=O) groups is 2. The number of nitrogens with two attached hydrogens (primary N) is 1. The molecule has 3 rings (SSSR count). The Morgan fingerprint density at radius 3 is 2.85 bits per heavy atom. The van der Waals surface area contributed by atoms with Gasteiger partial charge in [-0.05, 0) is 37.8 Å². The zero-order valence-corrected chi connectivity index (χ0v) is 11.3. The molecule has 1 saturated heterocycles. The minimum atomic E-state index is -0.268. The van der Waals surface area contributed by atoms with Gasteiger partial charge < -0.3 is 10.5 Å². The van der Waals surface area contributed by atoms with E-state index in [1.54, 1.807) is 18.2 Å². The van der Waals surface area contributed by atoms with Crippen molar-refractivity contribution in [1.29, 1.82) is 0 Å². The summed E-state index contributed by atoms with van der Waals surface area (Å²) < 4.78 is 5.54. The van der Waals surface area contributed by atoms with E-state index in [2.05, 4.69) is 0 Å². The number of anilines is 1. The third-order valence-electron chi connectivity index (χ3n) is 3.96. The highest BCUT2D eigenvalue weighted by atomic mass is 16.5. The standard InChI is InChI=1S/C15H18N2O3/c16-12-7-1-6-11-13(12)15(19)17(14(11)18)8-2-4-10-5-3-9-20-10/h1,6-7,10H,2-5,8-9,16H2. The molecular weight excluding hydrogens is 256 g/mol. The van der Waals surface area contributed by atoms with Crippen molar-refractivity contribution in [3.8, 4) is 0 Å². The first-order valence-corrected chi connectivity index (χ1v) is 7.05. The fourth-order valence-corrected chi connectivity index (χ4v) is 2.91. The summed E-state index contributed by atoms with van der Waals surface area (Å²) in [6.45, 7) is 1.26. The van der Waals surface area contributed by atoms with Gasteiger partial charge in [-0.1, -0.05) is 6.07 Å². The van der Waals surface area contributed by atoms with Crippen molar-refractivity contribution in [3.63, 3.8) is 0 Å². The number of nitrogens with zero attached hydrogens (tertiary/aromatic N) is 1.